The molecule has 102 valence electrons. The molecule has 3 atom stereocenters. The number of Topliss-reactive ketones (excluding diaryl/α,β-unsaturated/α-hetero) is 1. The van der Waals surface area contributed by atoms with Crippen molar-refractivity contribution < 1.29 is 15.0 Å². The first-order chi connectivity index (χ1) is 8.20. The lowest BCUT2D eigenvalue weighted by Gasteiger charge is -2.41. The normalized spacial score (nSPS) is 39.1. The van der Waals surface area contributed by atoms with E-state index in [1.807, 2.05) is 6.92 Å². The number of fused-ring (bicyclic) bond motifs is 1. The van der Waals surface area contributed by atoms with Crippen molar-refractivity contribution in [2.24, 2.45) is 17.3 Å². The average molecular weight is 252 g/mol. The van der Waals surface area contributed by atoms with Crippen LogP contribution in [0.25, 0.3) is 0 Å². The molecule has 3 nitrogen and oxygen atoms in total. The first-order valence-electron chi connectivity index (χ1n) is 6.78. The van der Waals surface area contributed by atoms with Crippen LogP contribution in [0, 0.1) is 17.3 Å². The number of aliphatic hydroxyl groups is 2. The minimum atomic E-state index is -0.945. The third-order valence-electron chi connectivity index (χ3n) is 4.88. The Morgan fingerprint density at radius 3 is 2.44 bits per heavy atom. The molecule has 0 saturated heterocycles. The van der Waals surface area contributed by atoms with E-state index in [9.17, 15) is 9.90 Å². The van der Waals surface area contributed by atoms with Gasteiger partial charge in [0.2, 0.25) is 0 Å². The summed E-state index contributed by atoms with van der Waals surface area (Å²) in [7, 11) is 0. The lowest BCUT2D eigenvalue weighted by atomic mass is 9.67. The Morgan fingerprint density at radius 2 is 1.89 bits per heavy atom. The molecule has 1 fully saturated rings. The Bertz CT molecular complexity index is 404. The van der Waals surface area contributed by atoms with Crippen molar-refractivity contribution in [3.05, 3.63) is 11.1 Å². The molecular weight excluding hydrogens is 228 g/mol. The van der Waals surface area contributed by atoms with Gasteiger partial charge in [-0.05, 0) is 49.7 Å². The van der Waals surface area contributed by atoms with Gasteiger partial charge in [-0.15, -0.1) is 0 Å². The maximum atomic E-state index is 12.4. The molecule has 0 aromatic heterocycles. The van der Waals surface area contributed by atoms with Gasteiger partial charge < -0.3 is 10.2 Å². The van der Waals surface area contributed by atoms with E-state index < -0.39 is 5.60 Å². The molecule has 1 saturated carbocycles. The predicted molar refractivity (Wildman–Crippen MR) is 70.0 cm³/mol. The highest BCUT2D eigenvalue weighted by atomic mass is 16.3. The number of rotatable bonds is 2. The molecule has 2 aliphatic carbocycles. The Kier molecular flexibility index (Phi) is 3.19. The van der Waals surface area contributed by atoms with Crippen LogP contribution in [0.4, 0.5) is 0 Å². The van der Waals surface area contributed by atoms with Gasteiger partial charge in [-0.25, -0.2) is 0 Å². The van der Waals surface area contributed by atoms with Gasteiger partial charge in [0.15, 0.2) is 5.78 Å². The van der Waals surface area contributed by atoms with E-state index in [0.717, 1.165) is 18.4 Å². The Hall–Kier alpha value is -0.670. The number of allylic oxidation sites excluding steroid dienone is 1. The molecule has 2 N–H and O–H groups in total. The van der Waals surface area contributed by atoms with Crippen molar-refractivity contribution in [1.29, 1.82) is 0 Å². The average Bonchev–Trinajstić information content (AvgIpc) is 2.59. The van der Waals surface area contributed by atoms with Crippen LogP contribution >= 0.6 is 0 Å². The molecule has 0 heterocycles. The molecule has 18 heavy (non-hydrogen) atoms. The van der Waals surface area contributed by atoms with E-state index >= 15 is 0 Å². The Balaban J connectivity index is 2.45. The molecule has 0 amide bonds. The highest BCUT2D eigenvalue weighted by molar-refractivity contribution is 5.99. The summed E-state index contributed by atoms with van der Waals surface area (Å²) < 4.78 is 0. The highest BCUT2D eigenvalue weighted by Crippen LogP contribution is 2.55. The van der Waals surface area contributed by atoms with E-state index in [1.54, 1.807) is 6.92 Å². The molecule has 0 radical (unpaired) electrons. The van der Waals surface area contributed by atoms with Crippen molar-refractivity contribution in [2.75, 3.05) is 6.61 Å². The summed E-state index contributed by atoms with van der Waals surface area (Å²) in [6.45, 7) is 7.92. The molecule has 0 aliphatic heterocycles. The van der Waals surface area contributed by atoms with Gasteiger partial charge in [0.1, 0.15) is 0 Å². The van der Waals surface area contributed by atoms with E-state index in [0.29, 0.717) is 12.0 Å². The smallest absolute Gasteiger partial charge is 0.162 e. The second kappa shape index (κ2) is 4.17. The van der Waals surface area contributed by atoms with E-state index in [4.69, 9.17) is 5.11 Å². The summed E-state index contributed by atoms with van der Waals surface area (Å²) in [6, 6.07) is 0. The summed E-state index contributed by atoms with van der Waals surface area (Å²) in [5.41, 5.74) is 0.588. The molecule has 2 rings (SSSR count). The van der Waals surface area contributed by atoms with Gasteiger partial charge in [-0.2, -0.15) is 0 Å². The third-order valence-corrected chi connectivity index (χ3v) is 4.88. The minimum absolute atomic E-state index is 0.00486. The SMILES string of the molecule is CC1=C(CCO)[C@](C)(O)[C@@H]2CC(C)(C)C[C@@H]2C1=O. The van der Waals surface area contributed by atoms with Crippen LogP contribution in [0.2, 0.25) is 0 Å². The van der Waals surface area contributed by atoms with Crippen LogP contribution in [0.5, 0.6) is 0 Å². The van der Waals surface area contributed by atoms with E-state index in [1.165, 1.54) is 0 Å². The third kappa shape index (κ3) is 1.94. The summed E-state index contributed by atoms with van der Waals surface area (Å²) in [5.74, 6) is 0.142. The molecule has 0 aromatic carbocycles. The maximum Gasteiger partial charge on any atom is 0.162 e. The van der Waals surface area contributed by atoms with E-state index in [2.05, 4.69) is 13.8 Å². The van der Waals surface area contributed by atoms with Gasteiger partial charge in [0, 0.05) is 18.4 Å². The van der Waals surface area contributed by atoms with Gasteiger partial charge >= 0.3 is 0 Å². The lowest BCUT2D eigenvalue weighted by molar-refractivity contribution is -0.125. The number of carbonyl (C=O) groups is 1. The number of ketones is 1. The Morgan fingerprint density at radius 1 is 1.28 bits per heavy atom. The largest absolute Gasteiger partial charge is 0.396 e. The first kappa shape index (κ1) is 13.8. The summed E-state index contributed by atoms with van der Waals surface area (Å²) >= 11 is 0. The van der Waals surface area contributed by atoms with Gasteiger partial charge in [-0.3, -0.25) is 4.79 Å². The lowest BCUT2D eigenvalue weighted by Crippen LogP contribution is -2.46. The summed E-state index contributed by atoms with van der Waals surface area (Å²) in [4.78, 5) is 12.4. The molecule has 3 heteroatoms. The fraction of sp³-hybridized carbons (Fsp3) is 0.800. The monoisotopic (exact) mass is 252 g/mol. The van der Waals surface area contributed by atoms with Crippen molar-refractivity contribution >= 4 is 5.78 Å². The molecule has 0 spiro atoms. The highest BCUT2D eigenvalue weighted by Gasteiger charge is 2.54. The Labute approximate surface area is 109 Å². The van der Waals surface area contributed by atoms with Crippen LogP contribution in [0.1, 0.15) is 47.0 Å². The van der Waals surface area contributed by atoms with Crippen LogP contribution in [-0.4, -0.2) is 28.2 Å². The van der Waals surface area contributed by atoms with Crippen molar-refractivity contribution in [3.63, 3.8) is 0 Å². The van der Waals surface area contributed by atoms with Gasteiger partial charge in [-0.1, -0.05) is 13.8 Å². The van der Waals surface area contributed by atoms with Crippen LogP contribution in [0.3, 0.4) is 0 Å². The molecule has 2 aliphatic rings. The van der Waals surface area contributed by atoms with Crippen molar-refractivity contribution in [1.82, 2.24) is 0 Å². The number of hydrogen-bond donors (Lipinski definition) is 2. The maximum absolute atomic E-state index is 12.4. The topological polar surface area (TPSA) is 57.5 Å². The van der Waals surface area contributed by atoms with Crippen LogP contribution < -0.4 is 0 Å². The van der Waals surface area contributed by atoms with Gasteiger partial charge in [0.05, 0.1) is 5.60 Å². The quantitative estimate of drug-likeness (QED) is 0.791. The van der Waals surface area contributed by atoms with Crippen molar-refractivity contribution in [3.8, 4) is 0 Å². The molecule has 0 aromatic rings. The predicted octanol–water partition coefficient (Wildman–Crippen LogP) is 2.07. The number of carbonyl (C=O) groups excluding carboxylic acids is 1. The van der Waals surface area contributed by atoms with Gasteiger partial charge in [0.25, 0.3) is 0 Å². The zero-order chi connectivity index (χ0) is 13.7. The van der Waals surface area contributed by atoms with Crippen LogP contribution in [-0.2, 0) is 4.79 Å². The first-order valence-corrected chi connectivity index (χ1v) is 6.78. The standard InChI is InChI=1S/C15H24O3/c1-9-11(5-6-16)15(4,18)12-8-14(2,3)7-10(12)13(9)17/h10,12,16,18H,5-8H2,1-4H3/t10-,12+,15-/m0/s1. The van der Waals surface area contributed by atoms with Crippen LogP contribution in [0.15, 0.2) is 11.1 Å². The summed E-state index contributed by atoms with van der Waals surface area (Å²) in [6.07, 6.45) is 2.13. The van der Waals surface area contributed by atoms with Crippen molar-refractivity contribution in [2.45, 2.75) is 52.6 Å². The number of hydrogen-bond acceptors (Lipinski definition) is 3. The fourth-order valence-corrected chi connectivity index (χ4v) is 4.01. The second-order valence-electron chi connectivity index (χ2n) is 6.87. The van der Waals surface area contributed by atoms with E-state index in [-0.39, 0.29) is 29.6 Å². The number of aliphatic hydroxyl groups excluding tert-OH is 1. The molecular formula is C15H24O3. The zero-order valence-corrected chi connectivity index (χ0v) is 11.8. The second-order valence-corrected chi connectivity index (χ2v) is 6.87. The minimum Gasteiger partial charge on any atom is -0.396 e. The zero-order valence-electron chi connectivity index (χ0n) is 11.8. The molecule has 0 unspecified atom stereocenters. The fourth-order valence-electron chi connectivity index (χ4n) is 4.01. The molecule has 0 bridgehead atoms. The summed E-state index contributed by atoms with van der Waals surface area (Å²) in [5, 5.41) is 20.0.